The van der Waals surface area contributed by atoms with Gasteiger partial charge in [-0.3, -0.25) is 9.59 Å². The van der Waals surface area contributed by atoms with E-state index in [0.29, 0.717) is 30.4 Å². The number of rotatable bonds is 3. The highest BCUT2D eigenvalue weighted by Crippen LogP contribution is 2.28. The number of halogens is 1. The zero-order chi connectivity index (χ0) is 19.5. The number of nitrogens with zero attached hydrogens (tertiary/aromatic N) is 4. The molecule has 2 aliphatic rings. The molecule has 0 aliphatic carbocycles. The average molecular weight is 401 g/mol. The molecule has 0 radical (unpaired) electrons. The van der Waals surface area contributed by atoms with Crippen LogP contribution >= 0.6 is 11.6 Å². The zero-order valence-corrected chi connectivity index (χ0v) is 16.6. The molecule has 2 aromatic rings. The quantitative estimate of drug-likeness (QED) is 0.794. The molecule has 0 N–H and O–H groups in total. The number of para-hydroxylation sites is 1. The number of piperidine rings is 2. The Labute approximate surface area is 169 Å². The molecule has 6 nitrogen and oxygen atoms in total. The molecule has 7 heteroatoms. The maximum absolute atomic E-state index is 12.7. The fourth-order valence-electron chi connectivity index (χ4n) is 4.14. The van der Waals surface area contributed by atoms with E-state index in [9.17, 15) is 9.59 Å². The lowest BCUT2D eigenvalue weighted by atomic mass is 9.94. The van der Waals surface area contributed by atoms with Crippen LogP contribution in [-0.2, 0) is 4.79 Å². The second-order valence-corrected chi connectivity index (χ2v) is 7.92. The van der Waals surface area contributed by atoms with Crippen LogP contribution < -0.4 is 10.5 Å². The van der Waals surface area contributed by atoms with E-state index in [-0.39, 0.29) is 16.5 Å². The molecule has 0 atom stereocenters. The van der Waals surface area contributed by atoms with Gasteiger partial charge in [0.25, 0.3) is 5.56 Å². The Hall–Kier alpha value is -2.34. The van der Waals surface area contributed by atoms with Crippen LogP contribution in [-0.4, -0.2) is 46.8 Å². The van der Waals surface area contributed by atoms with Crippen LogP contribution in [0.25, 0.3) is 5.69 Å². The molecule has 1 aromatic heterocycles. The Balaban J connectivity index is 1.45. The standard InChI is InChI=1S/C21H25ClN4O2/c22-19-18(15-23-26(21(19)28)17-7-3-1-4-8-17)24-13-9-16(10-14-24)20(27)25-11-5-2-6-12-25/h1,3-4,7-8,15-16H,2,5-6,9-14H2. The molecule has 2 saturated heterocycles. The number of carbonyl (C=O) groups is 1. The van der Waals surface area contributed by atoms with E-state index in [2.05, 4.69) is 10.00 Å². The van der Waals surface area contributed by atoms with E-state index in [4.69, 9.17) is 11.6 Å². The summed E-state index contributed by atoms with van der Waals surface area (Å²) in [4.78, 5) is 29.5. The summed E-state index contributed by atoms with van der Waals surface area (Å²) in [5.74, 6) is 0.369. The van der Waals surface area contributed by atoms with Gasteiger partial charge in [0.05, 0.1) is 17.6 Å². The topological polar surface area (TPSA) is 58.4 Å². The first-order valence-corrected chi connectivity index (χ1v) is 10.4. The average Bonchev–Trinajstić information content (AvgIpc) is 2.76. The second kappa shape index (κ2) is 8.35. The lowest BCUT2D eigenvalue weighted by Crippen LogP contribution is -2.44. The Morgan fingerprint density at radius 2 is 1.68 bits per heavy atom. The first kappa shape index (κ1) is 19.0. The normalized spacial score (nSPS) is 18.3. The zero-order valence-electron chi connectivity index (χ0n) is 15.9. The molecule has 1 amide bonds. The largest absolute Gasteiger partial charge is 0.369 e. The van der Waals surface area contributed by atoms with Gasteiger partial charge in [-0.05, 0) is 44.2 Å². The highest BCUT2D eigenvalue weighted by molar-refractivity contribution is 6.33. The van der Waals surface area contributed by atoms with Gasteiger partial charge in [0.15, 0.2) is 0 Å². The van der Waals surface area contributed by atoms with E-state index < -0.39 is 0 Å². The van der Waals surface area contributed by atoms with Crippen LogP contribution in [0.3, 0.4) is 0 Å². The Bertz CT molecular complexity index is 885. The van der Waals surface area contributed by atoms with Crippen molar-refractivity contribution >= 4 is 23.2 Å². The molecule has 2 aliphatic heterocycles. The van der Waals surface area contributed by atoms with E-state index in [0.717, 1.165) is 38.8 Å². The van der Waals surface area contributed by atoms with Crippen molar-refractivity contribution in [3.05, 3.63) is 51.9 Å². The summed E-state index contributed by atoms with van der Waals surface area (Å²) in [6.45, 7) is 3.21. The van der Waals surface area contributed by atoms with Crippen LogP contribution in [0, 0.1) is 5.92 Å². The van der Waals surface area contributed by atoms with Gasteiger partial charge in [0.1, 0.15) is 5.02 Å². The summed E-state index contributed by atoms with van der Waals surface area (Å²) in [7, 11) is 0. The molecule has 148 valence electrons. The van der Waals surface area contributed by atoms with E-state index in [1.807, 2.05) is 35.2 Å². The number of anilines is 1. The summed E-state index contributed by atoms with van der Waals surface area (Å²) in [5, 5.41) is 4.50. The molecule has 0 bridgehead atoms. The lowest BCUT2D eigenvalue weighted by Gasteiger charge is -2.36. The van der Waals surface area contributed by atoms with Crippen LogP contribution in [0.5, 0.6) is 0 Å². The Morgan fingerprint density at radius 1 is 1.00 bits per heavy atom. The number of carbonyl (C=O) groups excluding carboxylic acids is 1. The van der Waals surface area contributed by atoms with Gasteiger partial charge in [-0.25, -0.2) is 0 Å². The molecule has 0 spiro atoms. The SMILES string of the molecule is O=C(C1CCN(c2cnn(-c3ccccc3)c(=O)c2Cl)CC1)N1CCCCC1. The third-order valence-electron chi connectivity index (χ3n) is 5.75. The Kier molecular flexibility index (Phi) is 5.67. The highest BCUT2D eigenvalue weighted by atomic mass is 35.5. The van der Waals surface area contributed by atoms with Crippen molar-refractivity contribution in [2.45, 2.75) is 32.1 Å². The molecule has 2 fully saturated rings. The van der Waals surface area contributed by atoms with Gasteiger partial charge < -0.3 is 9.80 Å². The van der Waals surface area contributed by atoms with Crippen molar-refractivity contribution in [3.63, 3.8) is 0 Å². The van der Waals surface area contributed by atoms with Crippen LogP contribution in [0.15, 0.2) is 41.3 Å². The van der Waals surface area contributed by atoms with Crippen molar-refractivity contribution in [2.75, 3.05) is 31.1 Å². The van der Waals surface area contributed by atoms with E-state index in [1.54, 1.807) is 6.20 Å². The third-order valence-corrected chi connectivity index (χ3v) is 6.11. The number of aromatic nitrogens is 2. The van der Waals surface area contributed by atoms with Gasteiger partial charge in [-0.1, -0.05) is 29.8 Å². The second-order valence-electron chi connectivity index (χ2n) is 7.54. The van der Waals surface area contributed by atoms with Crippen molar-refractivity contribution in [3.8, 4) is 5.69 Å². The van der Waals surface area contributed by atoms with Gasteiger partial charge in [0, 0.05) is 32.1 Å². The fourth-order valence-corrected chi connectivity index (χ4v) is 4.39. The predicted octanol–water partition coefficient (Wildman–Crippen LogP) is 3.11. The summed E-state index contributed by atoms with van der Waals surface area (Å²) in [6, 6.07) is 9.24. The van der Waals surface area contributed by atoms with Gasteiger partial charge in [-0.15, -0.1) is 0 Å². The van der Waals surface area contributed by atoms with E-state index >= 15 is 0 Å². The molecule has 3 heterocycles. The van der Waals surface area contributed by atoms with Crippen molar-refractivity contribution < 1.29 is 4.79 Å². The van der Waals surface area contributed by atoms with Gasteiger partial charge >= 0.3 is 0 Å². The Morgan fingerprint density at radius 3 is 2.36 bits per heavy atom. The molecule has 1 aromatic carbocycles. The summed E-state index contributed by atoms with van der Waals surface area (Å²) >= 11 is 6.41. The smallest absolute Gasteiger partial charge is 0.292 e. The van der Waals surface area contributed by atoms with Crippen molar-refractivity contribution in [1.29, 1.82) is 0 Å². The number of likely N-dealkylation sites (tertiary alicyclic amines) is 1. The minimum absolute atomic E-state index is 0.0748. The lowest BCUT2D eigenvalue weighted by molar-refractivity contribution is -0.137. The summed E-state index contributed by atoms with van der Waals surface area (Å²) in [5.41, 5.74) is 1.02. The van der Waals surface area contributed by atoms with Crippen LogP contribution in [0.2, 0.25) is 5.02 Å². The van der Waals surface area contributed by atoms with Gasteiger partial charge in [-0.2, -0.15) is 9.78 Å². The fraction of sp³-hybridized carbons (Fsp3) is 0.476. The summed E-state index contributed by atoms with van der Waals surface area (Å²) in [6.07, 6.45) is 6.68. The monoisotopic (exact) mass is 400 g/mol. The minimum Gasteiger partial charge on any atom is -0.369 e. The first-order chi connectivity index (χ1) is 13.6. The molecule has 28 heavy (non-hydrogen) atoms. The highest BCUT2D eigenvalue weighted by Gasteiger charge is 2.30. The van der Waals surface area contributed by atoms with E-state index in [1.165, 1.54) is 11.1 Å². The minimum atomic E-state index is -0.322. The maximum Gasteiger partial charge on any atom is 0.292 e. The molecular weight excluding hydrogens is 376 g/mol. The maximum atomic E-state index is 12.7. The number of hydrogen-bond acceptors (Lipinski definition) is 4. The van der Waals surface area contributed by atoms with Crippen LogP contribution in [0.4, 0.5) is 5.69 Å². The van der Waals surface area contributed by atoms with Gasteiger partial charge in [0.2, 0.25) is 5.91 Å². The van der Waals surface area contributed by atoms with Crippen molar-refractivity contribution in [1.82, 2.24) is 14.7 Å². The molecular formula is C21H25ClN4O2. The molecule has 0 unspecified atom stereocenters. The molecule has 0 saturated carbocycles. The molecule has 4 rings (SSSR count). The van der Waals surface area contributed by atoms with Crippen molar-refractivity contribution in [2.24, 2.45) is 5.92 Å². The number of benzene rings is 1. The summed E-state index contributed by atoms with van der Waals surface area (Å²) < 4.78 is 1.32. The van der Waals surface area contributed by atoms with Crippen LogP contribution in [0.1, 0.15) is 32.1 Å². The first-order valence-electron chi connectivity index (χ1n) is 10.0. The third kappa shape index (κ3) is 3.78. The number of amides is 1. The number of hydrogen-bond donors (Lipinski definition) is 0. The predicted molar refractivity (Wildman–Crippen MR) is 110 cm³/mol.